The lowest BCUT2D eigenvalue weighted by Crippen LogP contribution is -2.49. The van der Waals surface area contributed by atoms with Crippen molar-refractivity contribution in [2.24, 2.45) is 0 Å². The van der Waals surface area contributed by atoms with Gasteiger partial charge in [0.1, 0.15) is 5.75 Å². The molecule has 3 aromatic carbocycles. The fraction of sp³-hybridized carbons (Fsp3) is 0.167. The van der Waals surface area contributed by atoms with Crippen LogP contribution in [0.2, 0.25) is 10.0 Å². The van der Waals surface area contributed by atoms with Crippen LogP contribution >= 0.6 is 35.0 Å². The summed E-state index contributed by atoms with van der Waals surface area (Å²) in [5.74, 6) is 0.629. The fourth-order valence-corrected chi connectivity index (χ4v) is 5.94. The highest BCUT2D eigenvalue weighted by Crippen LogP contribution is 2.56. The van der Waals surface area contributed by atoms with E-state index in [1.165, 1.54) is 11.8 Å². The van der Waals surface area contributed by atoms with Crippen LogP contribution in [0.1, 0.15) is 11.1 Å². The second-order valence-electron chi connectivity index (χ2n) is 7.52. The number of nitrogens with zero attached hydrogens (tertiary/aromatic N) is 2. The third-order valence-corrected chi connectivity index (χ3v) is 7.84. The Kier molecular flexibility index (Phi) is 5.32. The zero-order valence-corrected chi connectivity index (χ0v) is 19.4. The van der Waals surface area contributed by atoms with E-state index in [1.807, 2.05) is 42.5 Å². The van der Waals surface area contributed by atoms with E-state index in [2.05, 4.69) is 0 Å². The van der Waals surface area contributed by atoms with Crippen LogP contribution in [0.25, 0.3) is 0 Å². The summed E-state index contributed by atoms with van der Waals surface area (Å²) in [7, 11) is 1.59. The topological polar surface area (TPSA) is 49.9 Å². The largest absolute Gasteiger partial charge is 0.497 e. The molecule has 0 aliphatic carbocycles. The number of para-hydroxylation sites is 1. The number of halogens is 2. The average Bonchev–Trinajstić information content (AvgIpc) is 3.27. The molecule has 2 aliphatic rings. The van der Waals surface area contributed by atoms with Crippen LogP contribution in [0.15, 0.2) is 66.7 Å². The molecule has 2 amide bonds. The predicted molar refractivity (Wildman–Crippen MR) is 129 cm³/mol. The van der Waals surface area contributed by atoms with Gasteiger partial charge in [-0.25, -0.2) is 0 Å². The quantitative estimate of drug-likeness (QED) is 0.491. The van der Waals surface area contributed by atoms with Crippen molar-refractivity contribution in [1.82, 2.24) is 0 Å². The summed E-state index contributed by atoms with van der Waals surface area (Å²) in [5.41, 5.74) is 3.09. The minimum absolute atomic E-state index is 0.111. The maximum atomic E-state index is 14.0. The van der Waals surface area contributed by atoms with Crippen molar-refractivity contribution in [2.45, 2.75) is 11.4 Å². The Bertz CT molecular complexity index is 1230. The Morgan fingerprint density at radius 3 is 2.47 bits per heavy atom. The molecule has 8 heteroatoms. The molecule has 0 saturated carbocycles. The third kappa shape index (κ3) is 3.17. The van der Waals surface area contributed by atoms with E-state index in [0.29, 0.717) is 28.0 Å². The first-order valence-corrected chi connectivity index (χ1v) is 11.7. The number of thioether (sulfide) groups is 1. The third-order valence-electron chi connectivity index (χ3n) is 5.72. The maximum absolute atomic E-state index is 14.0. The van der Waals surface area contributed by atoms with E-state index in [4.69, 9.17) is 27.9 Å². The van der Waals surface area contributed by atoms with Gasteiger partial charge in [0.05, 0.1) is 35.1 Å². The average molecular weight is 485 g/mol. The van der Waals surface area contributed by atoms with E-state index >= 15 is 0 Å². The predicted octanol–water partition coefficient (Wildman–Crippen LogP) is 5.48. The molecule has 1 saturated heterocycles. The highest BCUT2D eigenvalue weighted by Gasteiger charge is 2.60. The summed E-state index contributed by atoms with van der Waals surface area (Å²) in [6.45, 7) is 0.319. The monoisotopic (exact) mass is 484 g/mol. The molecule has 1 atom stereocenters. The first-order valence-electron chi connectivity index (χ1n) is 9.92. The van der Waals surface area contributed by atoms with E-state index in [9.17, 15) is 9.59 Å². The van der Waals surface area contributed by atoms with Gasteiger partial charge in [-0.05, 0) is 48.0 Å². The van der Waals surface area contributed by atoms with Crippen LogP contribution in [0.5, 0.6) is 5.75 Å². The van der Waals surface area contributed by atoms with Crippen LogP contribution < -0.4 is 14.5 Å². The van der Waals surface area contributed by atoms with Crippen LogP contribution in [0, 0.1) is 0 Å². The van der Waals surface area contributed by atoms with Crippen molar-refractivity contribution in [3.05, 3.63) is 87.9 Å². The number of methoxy groups -OCH3 is 1. The van der Waals surface area contributed by atoms with E-state index in [0.717, 1.165) is 16.8 Å². The van der Waals surface area contributed by atoms with Crippen molar-refractivity contribution >= 4 is 58.2 Å². The first kappa shape index (κ1) is 21.2. The Balaban J connectivity index is 1.61. The molecule has 3 aromatic rings. The number of anilines is 2. The molecule has 32 heavy (non-hydrogen) atoms. The van der Waals surface area contributed by atoms with Crippen molar-refractivity contribution < 1.29 is 14.3 Å². The van der Waals surface area contributed by atoms with Gasteiger partial charge in [0.15, 0.2) is 0 Å². The zero-order valence-electron chi connectivity index (χ0n) is 17.0. The standard InChI is InChI=1S/C24H18Cl2N2O3S/c1-31-17-9-7-16(8-10-17)28-22(29)14-32-24(28)18-4-2-3-5-21(18)27(23(24)30)13-15-6-11-19(25)20(26)12-15/h2-12H,13-14H2,1H3. The molecule has 5 nitrogen and oxygen atoms in total. The second-order valence-corrected chi connectivity index (χ2v) is 9.50. The number of fused-ring (bicyclic) bond motifs is 2. The summed E-state index contributed by atoms with van der Waals surface area (Å²) < 4.78 is 5.25. The molecule has 1 spiro atoms. The van der Waals surface area contributed by atoms with Gasteiger partial charge < -0.3 is 9.64 Å². The Morgan fingerprint density at radius 2 is 1.75 bits per heavy atom. The molecule has 0 N–H and O–H groups in total. The summed E-state index contributed by atoms with van der Waals surface area (Å²) >= 11 is 13.6. The van der Waals surface area contributed by atoms with Crippen molar-refractivity contribution in [3.63, 3.8) is 0 Å². The Hall–Kier alpha value is -2.67. The zero-order chi connectivity index (χ0) is 22.5. The van der Waals surface area contributed by atoms with Gasteiger partial charge in [-0.3, -0.25) is 14.5 Å². The molecule has 2 heterocycles. The van der Waals surface area contributed by atoms with Gasteiger partial charge >= 0.3 is 0 Å². The highest BCUT2D eigenvalue weighted by molar-refractivity contribution is 8.02. The number of rotatable bonds is 4. The lowest BCUT2D eigenvalue weighted by Gasteiger charge is -2.33. The number of carbonyl (C=O) groups excluding carboxylic acids is 2. The molecule has 5 rings (SSSR count). The molecule has 0 bridgehead atoms. The fourth-order valence-electron chi connectivity index (χ4n) is 4.26. The van der Waals surface area contributed by atoms with Crippen LogP contribution in [0.4, 0.5) is 11.4 Å². The van der Waals surface area contributed by atoms with Gasteiger partial charge in [0.2, 0.25) is 10.8 Å². The van der Waals surface area contributed by atoms with Gasteiger partial charge in [0, 0.05) is 11.3 Å². The second kappa shape index (κ2) is 8.03. The number of hydrogen-bond acceptors (Lipinski definition) is 4. The summed E-state index contributed by atoms with van der Waals surface area (Å²) in [6.07, 6.45) is 0. The molecule has 162 valence electrons. The molecule has 0 radical (unpaired) electrons. The SMILES string of the molecule is COc1ccc(N2C(=O)CSC23C(=O)N(Cc2ccc(Cl)c(Cl)c2)c2ccccc23)cc1. The molecule has 1 fully saturated rings. The minimum Gasteiger partial charge on any atom is -0.497 e. The number of benzene rings is 3. The maximum Gasteiger partial charge on any atom is 0.269 e. The van der Waals surface area contributed by atoms with E-state index < -0.39 is 4.87 Å². The minimum atomic E-state index is -1.15. The first-order chi connectivity index (χ1) is 15.5. The number of ether oxygens (including phenoxy) is 1. The van der Waals surface area contributed by atoms with Gasteiger partial charge in [0.25, 0.3) is 5.91 Å². The number of amides is 2. The summed E-state index contributed by atoms with van der Waals surface area (Å²) in [4.78, 5) is 29.3. The van der Waals surface area contributed by atoms with Crippen molar-refractivity contribution in [1.29, 1.82) is 0 Å². The molecular formula is C24H18Cl2N2O3S. The smallest absolute Gasteiger partial charge is 0.269 e. The molecular weight excluding hydrogens is 467 g/mol. The van der Waals surface area contributed by atoms with Crippen LogP contribution in [-0.2, 0) is 21.0 Å². The molecule has 2 aliphatic heterocycles. The Morgan fingerprint density at radius 1 is 1.00 bits per heavy atom. The number of carbonyl (C=O) groups is 2. The Labute approximate surface area is 199 Å². The summed E-state index contributed by atoms with van der Waals surface area (Å²) in [5, 5.41) is 0.895. The molecule has 0 aromatic heterocycles. The molecule has 1 unspecified atom stereocenters. The van der Waals surface area contributed by atoms with Crippen molar-refractivity contribution in [3.8, 4) is 5.75 Å². The number of hydrogen-bond donors (Lipinski definition) is 0. The lowest BCUT2D eigenvalue weighted by molar-refractivity contribution is -0.123. The van der Waals surface area contributed by atoms with Gasteiger partial charge in [-0.1, -0.05) is 47.5 Å². The van der Waals surface area contributed by atoms with Gasteiger partial charge in [-0.15, -0.1) is 11.8 Å². The highest BCUT2D eigenvalue weighted by atomic mass is 35.5. The van der Waals surface area contributed by atoms with Crippen molar-refractivity contribution in [2.75, 3.05) is 22.7 Å². The van der Waals surface area contributed by atoms with E-state index in [-0.39, 0.29) is 17.6 Å². The summed E-state index contributed by atoms with van der Waals surface area (Å²) in [6, 6.07) is 20.2. The van der Waals surface area contributed by atoms with Crippen LogP contribution in [0.3, 0.4) is 0 Å². The normalized spacial score (nSPS) is 19.7. The van der Waals surface area contributed by atoms with Gasteiger partial charge in [-0.2, -0.15) is 0 Å². The van der Waals surface area contributed by atoms with Crippen LogP contribution in [-0.4, -0.2) is 24.7 Å². The lowest BCUT2D eigenvalue weighted by atomic mass is 10.0. The van der Waals surface area contributed by atoms with E-state index in [1.54, 1.807) is 41.2 Å².